The van der Waals surface area contributed by atoms with E-state index in [2.05, 4.69) is 65.6 Å². The Morgan fingerprint density at radius 1 is 1.06 bits per heavy atom. The summed E-state index contributed by atoms with van der Waals surface area (Å²) in [5.74, 6) is 0. The van der Waals surface area contributed by atoms with Gasteiger partial charge in [0.15, 0.2) is 0 Å². The summed E-state index contributed by atoms with van der Waals surface area (Å²) in [6.45, 7) is 5.41. The molecule has 4 nitrogen and oxygen atoms in total. The van der Waals surface area contributed by atoms with E-state index < -0.39 is 0 Å². The molecular formula is C14H24N4. The van der Waals surface area contributed by atoms with Crippen molar-refractivity contribution in [1.29, 1.82) is 0 Å². The standard InChI is InChI=1S/C14H24N4/c1-16(2)14-6-4-13(5-7-14)12-15-18-10-8-17(3)9-11-18/h4-7,15H,8-12H2,1-3H3. The van der Waals surface area contributed by atoms with Crippen LogP contribution >= 0.6 is 0 Å². The summed E-state index contributed by atoms with van der Waals surface area (Å²) in [5.41, 5.74) is 6.08. The van der Waals surface area contributed by atoms with Gasteiger partial charge in [-0.25, -0.2) is 5.01 Å². The molecule has 1 aliphatic rings. The zero-order valence-electron chi connectivity index (χ0n) is 11.7. The number of hydrogen-bond acceptors (Lipinski definition) is 4. The Balaban J connectivity index is 1.79. The highest BCUT2D eigenvalue weighted by Crippen LogP contribution is 2.12. The van der Waals surface area contributed by atoms with Gasteiger partial charge in [0.25, 0.3) is 0 Å². The molecule has 18 heavy (non-hydrogen) atoms. The second-order valence-corrected chi connectivity index (χ2v) is 5.19. The van der Waals surface area contributed by atoms with E-state index in [1.165, 1.54) is 11.3 Å². The Kier molecular flexibility index (Phi) is 4.58. The van der Waals surface area contributed by atoms with Gasteiger partial charge in [-0.15, -0.1) is 0 Å². The fourth-order valence-electron chi connectivity index (χ4n) is 2.08. The summed E-state index contributed by atoms with van der Waals surface area (Å²) in [4.78, 5) is 4.49. The van der Waals surface area contributed by atoms with Crippen LogP contribution < -0.4 is 10.3 Å². The van der Waals surface area contributed by atoms with E-state index in [4.69, 9.17) is 0 Å². The first kappa shape index (κ1) is 13.3. The Hall–Kier alpha value is -1.10. The molecule has 4 heteroatoms. The summed E-state index contributed by atoms with van der Waals surface area (Å²) in [6.07, 6.45) is 0. The normalized spacial score (nSPS) is 17.9. The minimum absolute atomic E-state index is 0.914. The van der Waals surface area contributed by atoms with E-state index >= 15 is 0 Å². The molecule has 1 N–H and O–H groups in total. The van der Waals surface area contributed by atoms with Gasteiger partial charge in [0.1, 0.15) is 0 Å². The third kappa shape index (κ3) is 3.70. The lowest BCUT2D eigenvalue weighted by atomic mass is 10.2. The SMILES string of the molecule is CN1CCN(NCc2ccc(N(C)C)cc2)CC1. The van der Waals surface area contributed by atoms with Gasteiger partial charge in [0.05, 0.1) is 0 Å². The van der Waals surface area contributed by atoms with Gasteiger partial charge in [-0.3, -0.25) is 5.43 Å². The average molecular weight is 248 g/mol. The largest absolute Gasteiger partial charge is 0.378 e. The number of piperazine rings is 1. The van der Waals surface area contributed by atoms with Crippen molar-refractivity contribution in [2.24, 2.45) is 0 Å². The first-order valence-electron chi connectivity index (χ1n) is 6.58. The molecule has 0 aromatic heterocycles. The Morgan fingerprint density at radius 2 is 1.67 bits per heavy atom. The predicted octanol–water partition coefficient (Wildman–Crippen LogP) is 1.00. The van der Waals surface area contributed by atoms with Crippen LogP contribution in [0.2, 0.25) is 0 Å². The smallest absolute Gasteiger partial charge is 0.0361 e. The maximum absolute atomic E-state index is 3.50. The van der Waals surface area contributed by atoms with E-state index in [1.54, 1.807) is 0 Å². The number of benzene rings is 1. The van der Waals surface area contributed by atoms with Crippen molar-refractivity contribution in [2.75, 3.05) is 52.2 Å². The van der Waals surface area contributed by atoms with Crippen LogP contribution in [0.5, 0.6) is 0 Å². The molecular weight excluding hydrogens is 224 g/mol. The van der Waals surface area contributed by atoms with E-state index in [0.717, 1.165) is 32.7 Å². The zero-order chi connectivity index (χ0) is 13.0. The van der Waals surface area contributed by atoms with Crippen molar-refractivity contribution in [3.63, 3.8) is 0 Å². The van der Waals surface area contributed by atoms with Crippen LogP contribution in [0.25, 0.3) is 0 Å². The van der Waals surface area contributed by atoms with Gasteiger partial charge in [-0.2, -0.15) is 0 Å². The quantitative estimate of drug-likeness (QED) is 0.858. The number of hydrazine groups is 1. The molecule has 0 radical (unpaired) electrons. The molecule has 1 saturated heterocycles. The minimum atomic E-state index is 0.914. The summed E-state index contributed by atoms with van der Waals surface area (Å²) in [6, 6.07) is 8.72. The Labute approximate surface area is 110 Å². The second-order valence-electron chi connectivity index (χ2n) is 5.19. The molecule has 1 heterocycles. The van der Waals surface area contributed by atoms with Gasteiger partial charge in [0.2, 0.25) is 0 Å². The first-order valence-corrected chi connectivity index (χ1v) is 6.58. The number of nitrogens with one attached hydrogen (secondary N) is 1. The summed E-state index contributed by atoms with van der Waals surface area (Å²) in [7, 11) is 6.31. The van der Waals surface area contributed by atoms with Crippen LogP contribution in [-0.2, 0) is 6.54 Å². The maximum Gasteiger partial charge on any atom is 0.0361 e. The molecule has 1 aromatic rings. The van der Waals surface area contributed by atoms with E-state index in [0.29, 0.717) is 0 Å². The molecule has 2 rings (SSSR count). The maximum atomic E-state index is 3.50. The van der Waals surface area contributed by atoms with Crippen LogP contribution in [0.4, 0.5) is 5.69 Å². The van der Waals surface area contributed by atoms with Crippen LogP contribution in [0, 0.1) is 0 Å². The molecule has 0 saturated carbocycles. The number of nitrogens with zero attached hydrogens (tertiary/aromatic N) is 3. The van der Waals surface area contributed by atoms with Gasteiger partial charge in [-0.05, 0) is 24.7 Å². The average Bonchev–Trinajstić information content (AvgIpc) is 2.38. The summed E-state index contributed by atoms with van der Waals surface area (Å²) in [5, 5.41) is 2.32. The molecule has 1 aromatic carbocycles. The lowest BCUT2D eigenvalue weighted by molar-refractivity contribution is 0.102. The molecule has 0 unspecified atom stereocenters. The third-order valence-corrected chi connectivity index (χ3v) is 3.46. The number of anilines is 1. The molecule has 1 aliphatic heterocycles. The number of likely N-dealkylation sites (N-methyl/N-ethyl adjacent to an activating group) is 1. The molecule has 0 spiro atoms. The first-order chi connectivity index (χ1) is 8.65. The van der Waals surface area contributed by atoms with Gasteiger partial charge in [-0.1, -0.05) is 12.1 Å². The lowest BCUT2D eigenvalue weighted by Gasteiger charge is -2.32. The predicted molar refractivity (Wildman–Crippen MR) is 76.7 cm³/mol. The zero-order valence-corrected chi connectivity index (χ0v) is 11.7. The minimum Gasteiger partial charge on any atom is -0.378 e. The van der Waals surface area contributed by atoms with Gasteiger partial charge in [0, 0.05) is 52.5 Å². The lowest BCUT2D eigenvalue weighted by Crippen LogP contribution is -2.50. The monoisotopic (exact) mass is 248 g/mol. The van der Waals surface area contributed by atoms with Crippen LogP contribution in [0.3, 0.4) is 0 Å². The van der Waals surface area contributed by atoms with Crippen molar-refractivity contribution in [1.82, 2.24) is 15.3 Å². The van der Waals surface area contributed by atoms with Crippen molar-refractivity contribution in [3.8, 4) is 0 Å². The molecule has 0 amide bonds. The highest BCUT2D eigenvalue weighted by Gasteiger charge is 2.12. The highest BCUT2D eigenvalue weighted by molar-refractivity contribution is 5.45. The number of rotatable bonds is 4. The van der Waals surface area contributed by atoms with E-state index in [9.17, 15) is 0 Å². The topological polar surface area (TPSA) is 21.8 Å². The van der Waals surface area contributed by atoms with E-state index in [-0.39, 0.29) is 0 Å². The molecule has 1 fully saturated rings. The van der Waals surface area contributed by atoms with E-state index in [1.807, 2.05) is 0 Å². The van der Waals surface area contributed by atoms with Crippen LogP contribution in [0.15, 0.2) is 24.3 Å². The van der Waals surface area contributed by atoms with Crippen molar-refractivity contribution >= 4 is 5.69 Å². The second kappa shape index (κ2) is 6.18. The highest BCUT2D eigenvalue weighted by atomic mass is 15.5. The fourth-order valence-corrected chi connectivity index (χ4v) is 2.08. The van der Waals surface area contributed by atoms with Gasteiger partial charge < -0.3 is 9.80 Å². The molecule has 100 valence electrons. The van der Waals surface area contributed by atoms with Gasteiger partial charge >= 0.3 is 0 Å². The summed E-state index contributed by atoms with van der Waals surface area (Å²) >= 11 is 0. The van der Waals surface area contributed by atoms with Crippen molar-refractivity contribution in [2.45, 2.75) is 6.54 Å². The fraction of sp³-hybridized carbons (Fsp3) is 0.571. The molecule has 0 bridgehead atoms. The van der Waals surface area contributed by atoms with Crippen LogP contribution in [-0.4, -0.2) is 57.2 Å². The number of hydrogen-bond donors (Lipinski definition) is 1. The summed E-state index contributed by atoms with van der Waals surface area (Å²) < 4.78 is 0. The third-order valence-electron chi connectivity index (χ3n) is 3.46. The van der Waals surface area contributed by atoms with Crippen molar-refractivity contribution < 1.29 is 0 Å². The molecule has 0 atom stereocenters. The Bertz CT molecular complexity index is 353. The molecule has 0 aliphatic carbocycles. The Morgan fingerprint density at radius 3 is 2.22 bits per heavy atom. The van der Waals surface area contributed by atoms with Crippen LogP contribution in [0.1, 0.15) is 5.56 Å². The van der Waals surface area contributed by atoms with Crippen molar-refractivity contribution in [3.05, 3.63) is 29.8 Å².